The Morgan fingerprint density at radius 2 is 1.85 bits per heavy atom. The highest BCUT2D eigenvalue weighted by Gasteiger charge is 2.35. The molecule has 0 spiro atoms. The first-order chi connectivity index (χ1) is 12.7. The largest absolute Gasteiger partial charge is 0.435 e. The van der Waals surface area contributed by atoms with Gasteiger partial charge in [0.2, 0.25) is 11.8 Å². The van der Waals surface area contributed by atoms with E-state index in [2.05, 4.69) is 10.1 Å². The molecule has 0 saturated carbocycles. The molecule has 3 rings (SSSR count). The Balaban J connectivity index is 2.02. The molecular weight excluding hydrogens is 371 g/mol. The number of benzene rings is 1. The van der Waals surface area contributed by atoms with E-state index in [0.717, 1.165) is 16.8 Å². The van der Waals surface area contributed by atoms with Crippen molar-refractivity contribution < 1.29 is 26.7 Å². The highest BCUT2D eigenvalue weighted by atomic mass is 19.4. The van der Waals surface area contributed by atoms with Crippen molar-refractivity contribution in [3.05, 3.63) is 59.3 Å². The zero-order valence-corrected chi connectivity index (χ0v) is 13.6. The van der Waals surface area contributed by atoms with Gasteiger partial charge < -0.3 is 4.74 Å². The van der Waals surface area contributed by atoms with Crippen LogP contribution in [0.2, 0.25) is 0 Å². The molecule has 3 aromatic rings. The zero-order valence-electron chi connectivity index (χ0n) is 13.6. The van der Waals surface area contributed by atoms with Gasteiger partial charge in [0.1, 0.15) is 11.6 Å². The number of hydrogen-bond acceptors (Lipinski definition) is 4. The van der Waals surface area contributed by atoms with Crippen molar-refractivity contribution >= 4 is 0 Å². The standard InChI is InChI=1S/C17H9F5N4O/c1-26-16(7-14(25-26)17(20,21)22)27-15-5-9(8-23)4-13(24-15)11-3-2-10(18)6-12(11)19/h2-7H,1H3. The molecule has 10 heteroatoms. The van der Waals surface area contributed by atoms with Crippen LogP contribution in [0.3, 0.4) is 0 Å². The summed E-state index contributed by atoms with van der Waals surface area (Å²) in [4.78, 5) is 3.99. The third-order valence-electron chi connectivity index (χ3n) is 3.47. The predicted molar refractivity (Wildman–Crippen MR) is 82.6 cm³/mol. The monoisotopic (exact) mass is 380 g/mol. The van der Waals surface area contributed by atoms with Crippen molar-refractivity contribution in [2.75, 3.05) is 0 Å². The molecule has 0 aliphatic carbocycles. The minimum Gasteiger partial charge on any atom is -0.421 e. The molecule has 0 radical (unpaired) electrons. The first-order valence-corrected chi connectivity index (χ1v) is 7.34. The topological polar surface area (TPSA) is 63.7 Å². The Labute approximate surface area is 149 Å². The number of ether oxygens (including phenoxy) is 1. The molecule has 0 atom stereocenters. The smallest absolute Gasteiger partial charge is 0.421 e. The van der Waals surface area contributed by atoms with Crippen molar-refractivity contribution in [3.8, 4) is 29.1 Å². The van der Waals surface area contributed by atoms with Crippen LogP contribution in [0.25, 0.3) is 11.3 Å². The van der Waals surface area contributed by atoms with Gasteiger partial charge in [-0.3, -0.25) is 0 Å². The lowest BCUT2D eigenvalue weighted by atomic mass is 10.1. The molecule has 2 aromatic heterocycles. The Kier molecular flexibility index (Phi) is 4.53. The van der Waals surface area contributed by atoms with Gasteiger partial charge in [0, 0.05) is 30.8 Å². The van der Waals surface area contributed by atoms with Gasteiger partial charge in [-0.2, -0.15) is 23.5 Å². The van der Waals surface area contributed by atoms with Crippen molar-refractivity contribution in [1.29, 1.82) is 5.26 Å². The van der Waals surface area contributed by atoms with Crippen LogP contribution in [0.5, 0.6) is 11.8 Å². The minimum absolute atomic E-state index is 0.0249. The molecule has 0 fully saturated rings. The maximum Gasteiger partial charge on any atom is 0.435 e. The number of pyridine rings is 1. The summed E-state index contributed by atoms with van der Waals surface area (Å²) >= 11 is 0. The summed E-state index contributed by atoms with van der Waals surface area (Å²) in [5.41, 5.74) is -1.28. The number of alkyl halides is 3. The van der Waals surface area contributed by atoms with E-state index >= 15 is 0 Å². The van der Waals surface area contributed by atoms with Gasteiger partial charge in [0.15, 0.2) is 5.69 Å². The molecule has 0 N–H and O–H groups in total. The van der Waals surface area contributed by atoms with Crippen LogP contribution >= 0.6 is 0 Å². The summed E-state index contributed by atoms with van der Waals surface area (Å²) in [5.74, 6) is -2.23. The van der Waals surface area contributed by atoms with Crippen LogP contribution in [0.4, 0.5) is 22.0 Å². The normalized spacial score (nSPS) is 11.3. The van der Waals surface area contributed by atoms with Gasteiger partial charge in [-0.25, -0.2) is 18.4 Å². The zero-order chi connectivity index (χ0) is 19.8. The van der Waals surface area contributed by atoms with E-state index in [-0.39, 0.29) is 28.6 Å². The molecule has 5 nitrogen and oxygen atoms in total. The molecule has 0 bridgehead atoms. The lowest BCUT2D eigenvalue weighted by molar-refractivity contribution is -0.141. The lowest BCUT2D eigenvalue weighted by Crippen LogP contribution is -2.06. The van der Waals surface area contributed by atoms with Crippen LogP contribution in [-0.2, 0) is 13.2 Å². The number of hydrogen-bond donors (Lipinski definition) is 0. The molecule has 0 aliphatic rings. The van der Waals surface area contributed by atoms with Gasteiger partial charge in [-0.15, -0.1) is 0 Å². The van der Waals surface area contributed by atoms with E-state index in [9.17, 15) is 22.0 Å². The van der Waals surface area contributed by atoms with Gasteiger partial charge in [0.05, 0.1) is 17.3 Å². The van der Waals surface area contributed by atoms with Gasteiger partial charge in [-0.05, 0) is 18.2 Å². The number of aryl methyl sites for hydroxylation is 1. The molecule has 1 aromatic carbocycles. The molecule has 138 valence electrons. The summed E-state index contributed by atoms with van der Waals surface area (Å²) in [6.07, 6.45) is -4.66. The fourth-order valence-electron chi connectivity index (χ4n) is 2.25. The Morgan fingerprint density at radius 3 is 2.44 bits per heavy atom. The quantitative estimate of drug-likeness (QED) is 0.630. The summed E-state index contributed by atoms with van der Waals surface area (Å²) in [7, 11) is 1.24. The Hall–Kier alpha value is -3.48. The van der Waals surface area contributed by atoms with E-state index in [0.29, 0.717) is 12.1 Å². The highest BCUT2D eigenvalue weighted by Crippen LogP contribution is 2.32. The Bertz CT molecular complexity index is 1050. The van der Waals surface area contributed by atoms with E-state index in [1.54, 1.807) is 0 Å². The van der Waals surface area contributed by atoms with E-state index in [1.165, 1.54) is 19.2 Å². The van der Waals surface area contributed by atoms with Crippen LogP contribution in [0, 0.1) is 23.0 Å². The first kappa shape index (κ1) is 18.3. The molecule has 0 unspecified atom stereocenters. The van der Waals surface area contributed by atoms with Gasteiger partial charge in [-0.1, -0.05) is 0 Å². The van der Waals surface area contributed by atoms with Crippen LogP contribution < -0.4 is 4.74 Å². The first-order valence-electron chi connectivity index (χ1n) is 7.34. The number of nitriles is 1. The maximum atomic E-state index is 14.0. The third kappa shape index (κ3) is 3.87. The number of rotatable bonds is 3. The predicted octanol–water partition coefficient (Wildman–Crippen LogP) is 4.44. The summed E-state index contributed by atoms with van der Waals surface area (Å²) in [5, 5.41) is 12.4. The SMILES string of the molecule is Cn1nc(C(F)(F)F)cc1Oc1cc(C#N)cc(-c2ccc(F)cc2F)n1. The van der Waals surface area contributed by atoms with Crippen molar-refractivity contribution in [2.45, 2.75) is 6.18 Å². The van der Waals surface area contributed by atoms with Crippen LogP contribution in [0.15, 0.2) is 36.4 Å². The second kappa shape index (κ2) is 6.68. The van der Waals surface area contributed by atoms with E-state index in [4.69, 9.17) is 10.00 Å². The van der Waals surface area contributed by atoms with Crippen molar-refractivity contribution in [3.63, 3.8) is 0 Å². The Morgan fingerprint density at radius 1 is 1.11 bits per heavy atom. The molecule has 2 heterocycles. The van der Waals surface area contributed by atoms with Crippen molar-refractivity contribution in [1.82, 2.24) is 14.8 Å². The molecular formula is C17H9F5N4O. The third-order valence-corrected chi connectivity index (χ3v) is 3.47. The van der Waals surface area contributed by atoms with Gasteiger partial charge in [0.25, 0.3) is 0 Å². The number of halogens is 5. The number of nitrogens with zero attached hydrogens (tertiary/aromatic N) is 4. The molecule has 0 amide bonds. The second-order valence-corrected chi connectivity index (χ2v) is 5.41. The minimum atomic E-state index is -4.66. The summed E-state index contributed by atoms with van der Waals surface area (Å²) in [6, 6.07) is 7.69. The van der Waals surface area contributed by atoms with Crippen LogP contribution in [-0.4, -0.2) is 14.8 Å². The fourth-order valence-corrected chi connectivity index (χ4v) is 2.25. The number of aromatic nitrogens is 3. The second-order valence-electron chi connectivity index (χ2n) is 5.41. The average molecular weight is 380 g/mol. The fraction of sp³-hybridized carbons (Fsp3) is 0.118. The van der Waals surface area contributed by atoms with Gasteiger partial charge >= 0.3 is 6.18 Å². The molecule has 0 saturated heterocycles. The molecule has 27 heavy (non-hydrogen) atoms. The lowest BCUT2D eigenvalue weighted by Gasteiger charge is -2.08. The summed E-state index contributed by atoms with van der Waals surface area (Å²) in [6.45, 7) is 0. The van der Waals surface area contributed by atoms with E-state index < -0.39 is 23.5 Å². The highest BCUT2D eigenvalue weighted by molar-refractivity contribution is 5.62. The average Bonchev–Trinajstić information content (AvgIpc) is 2.95. The molecule has 0 aliphatic heterocycles. The van der Waals surface area contributed by atoms with Crippen molar-refractivity contribution in [2.24, 2.45) is 7.05 Å². The van der Waals surface area contributed by atoms with E-state index in [1.807, 2.05) is 6.07 Å². The maximum absolute atomic E-state index is 14.0. The van der Waals surface area contributed by atoms with Crippen LogP contribution in [0.1, 0.15) is 11.3 Å². The summed E-state index contributed by atoms with van der Waals surface area (Å²) < 4.78 is 71.4.